The lowest BCUT2D eigenvalue weighted by Crippen LogP contribution is -2.18. The highest BCUT2D eigenvalue weighted by Crippen LogP contribution is 1.81. The fourth-order valence-corrected chi connectivity index (χ4v) is 0.838. The Hall–Kier alpha value is -0.270. The lowest BCUT2D eigenvalue weighted by atomic mass is 10.7. The first-order valence-corrected chi connectivity index (χ1v) is 5.18. The zero-order chi connectivity index (χ0) is 11.4. The van der Waals surface area contributed by atoms with Gasteiger partial charge in [-0.2, -0.15) is 0 Å². The lowest BCUT2D eigenvalue weighted by Gasteiger charge is -2.05. The Balaban J connectivity index is 2.89. The van der Waals surface area contributed by atoms with E-state index in [9.17, 15) is 0 Å². The molecule has 6 heteroatoms. The van der Waals surface area contributed by atoms with Gasteiger partial charge in [-0.15, -0.1) is 0 Å². The van der Waals surface area contributed by atoms with Crippen LogP contribution in [0.4, 0.5) is 0 Å². The van der Waals surface area contributed by atoms with Gasteiger partial charge < -0.3 is 24.7 Å². The number of ether oxygens (including phenoxy) is 4. The first-order chi connectivity index (χ1) is 7.27. The van der Waals surface area contributed by atoms with Crippen molar-refractivity contribution < 1.29 is 18.9 Å². The topological polar surface area (TPSA) is 62.9 Å². The fourth-order valence-electron chi connectivity index (χ4n) is 0.755. The zero-order valence-electron chi connectivity index (χ0n) is 9.07. The molecule has 0 aliphatic carbocycles. The van der Waals surface area contributed by atoms with Crippen molar-refractivity contribution in [2.24, 2.45) is 5.73 Å². The third kappa shape index (κ3) is 13.7. The molecule has 0 atom stereocenters. The number of rotatable bonds is 11. The maximum Gasteiger partial charge on any atom is 0.0989 e. The van der Waals surface area contributed by atoms with Crippen LogP contribution < -0.4 is 5.73 Å². The van der Waals surface area contributed by atoms with Crippen LogP contribution in [0.1, 0.15) is 0 Å². The molecule has 0 rings (SSSR count). The minimum Gasteiger partial charge on any atom is -0.391 e. The summed E-state index contributed by atoms with van der Waals surface area (Å²) in [6.45, 7) is 3.66. The van der Waals surface area contributed by atoms with Gasteiger partial charge in [0.1, 0.15) is 0 Å². The summed E-state index contributed by atoms with van der Waals surface area (Å²) in [5.41, 5.74) is 5.24. The molecule has 15 heavy (non-hydrogen) atoms. The Morgan fingerprint density at radius 1 is 0.933 bits per heavy atom. The summed E-state index contributed by atoms with van der Waals surface area (Å²) in [6.07, 6.45) is 0. The number of thiocarbonyl (C=S) groups is 1. The molecule has 90 valence electrons. The van der Waals surface area contributed by atoms with Crippen LogP contribution in [-0.4, -0.2) is 58.3 Å². The average molecular weight is 237 g/mol. The molecule has 0 unspecified atom stereocenters. The molecule has 0 aliphatic rings. The molecule has 0 aliphatic heterocycles. The Morgan fingerprint density at radius 2 is 1.40 bits per heavy atom. The van der Waals surface area contributed by atoms with E-state index in [4.69, 9.17) is 24.7 Å². The van der Waals surface area contributed by atoms with E-state index in [2.05, 4.69) is 12.2 Å². The Morgan fingerprint density at radius 3 is 1.87 bits per heavy atom. The van der Waals surface area contributed by atoms with Gasteiger partial charge in [-0.05, 0) is 0 Å². The van der Waals surface area contributed by atoms with Crippen LogP contribution >= 0.6 is 12.2 Å². The summed E-state index contributed by atoms with van der Waals surface area (Å²) >= 11 is 4.64. The second kappa shape index (κ2) is 11.8. The van der Waals surface area contributed by atoms with Gasteiger partial charge in [0.05, 0.1) is 51.2 Å². The second-order valence-electron chi connectivity index (χ2n) is 2.74. The average Bonchev–Trinajstić information content (AvgIpc) is 2.20. The number of methoxy groups -OCH3 is 1. The highest BCUT2D eigenvalue weighted by atomic mass is 32.1. The quantitative estimate of drug-likeness (QED) is 0.402. The molecule has 0 amide bonds. The van der Waals surface area contributed by atoms with Crippen molar-refractivity contribution in [1.82, 2.24) is 0 Å². The molecule has 0 spiro atoms. The monoisotopic (exact) mass is 237 g/mol. The van der Waals surface area contributed by atoms with Crippen LogP contribution in [0.3, 0.4) is 0 Å². The molecule has 0 radical (unpaired) electrons. The predicted octanol–water partition coefficient (Wildman–Crippen LogP) is -0.0313. The van der Waals surface area contributed by atoms with Crippen LogP contribution in [0.5, 0.6) is 0 Å². The highest BCUT2D eigenvalue weighted by Gasteiger charge is 1.92. The summed E-state index contributed by atoms with van der Waals surface area (Å²) in [6, 6.07) is 0. The van der Waals surface area contributed by atoms with E-state index in [1.807, 2.05) is 0 Å². The van der Waals surface area contributed by atoms with Gasteiger partial charge in [0, 0.05) is 7.11 Å². The van der Waals surface area contributed by atoms with Gasteiger partial charge in [0.25, 0.3) is 0 Å². The van der Waals surface area contributed by atoms with E-state index in [1.54, 1.807) is 7.11 Å². The Bertz CT molecular complexity index is 157. The lowest BCUT2D eigenvalue weighted by molar-refractivity contribution is 0.00815. The molecule has 0 saturated heterocycles. The van der Waals surface area contributed by atoms with Crippen LogP contribution in [0.25, 0.3) is 0 Å². The molecule has 0 bridgehead atoms. The molecule has 0 aromatic carbocycles. The summed E-state index contributed by atoms with van der Waals surface area (Å²) < 4.78 is 20.3. The first-order valence-electron chi connectivity index (χ1n) is 4.78. The molecule has 5 nitrogen and oxygen atoms in total. The Labute approximate surface area is 95.8 Å². The minimum atomic E-state index is 0.309. The minimum absolute atomic E-state index is 0.309. The molecular weight excluding hydrogens is 218 g/mol. The highest BCUT2D eigenvalue weighted by molar-refractivity contribution is 7.80. The summed E-state index contributed by atoms with van der Waals surface area (Å²) in [5.74, 6) is 0. The summed E-state index contributed by atoms with van der Waals surface area (Å²) in [4.78, 5) is 0.359. The van der Waals surface area contributed by atoms with Crippen molar-refractivity contribution in [3.05, 3.63) is 0 Å². The van der Waals surface area contributed by atoms with Crippen molar-refractivity contribution in [3.63, 3.8) is 0 Å². The Kier molecular flexibility index (Phi) is 11.6. The van der Waals surface area contributed by atoms with E-state index in [1.165, 1.54) is 0 Å². The van der Waals surface area contributed by atoms with Crippen molar-refractivity contribution in [2.75, 3.05) is 53.4 Å². The normalized spacial score (nSPS) is 10.5. The molecule has 0 aromatic heterocycles. The standard InChI is InChI=1S/C9H19NO4S/c1-11-2-3-12-4-5-13-6-7-14-8-9(10)15/h2-8H2,1H3,(H2,10,15). The van der Waals surface area contributed by atoms with Gasteiger partial charge in [0.15, 0.2) is 0 Å². The van der Waals surface area contributed by atoms with Gasteiger partial charge in [-0.25, -0.2) is 0 Å². The third-order valence-electron chi connectivity index (χ3n) is 1.42. The molecule has 0 aromatic rings. The van der Waals surface area contributed by atoms with Gasteiger partial charge in [-0.1, -0.05) is 12.2 Å². The van der Waals surface area contributed by atoms with E-state index in [0.717, 1.165) is 0 Å². The molecular formula is C9H19NO4S. The first kappa shape index (κ1) is 14.7. The molecule has 0 fully saturated rings. The van der Waals surface area contributed by atoms with Gasteiger partial charge in [-0.3, -0.25) is 0 Å². The fraction of sp³-hybridized carbons (Fsp3) is 0.889. The van der Waals surface area contributed by atoms with E-state index >= 15 is 0 Å². The van der Waals surface area contributed by atoms with Crippen LogP contribution in [0.2, 0.25) is 0 Å². The maximum absolute atomic E-state index is 5.24. The predicted molar refractivity (Wildman–Crippen MR) is 61.1 cm³/mol. The largest absolute Gasteiger partial charge is 0.391 e. The molecule has 0 saturated carbocycles. The van der Waals surface area contributed by atoms with Crippen molar-refractivity contribution in [1.29, 1.82) is 0 Å². The maximum atomic E-state index is 5.24. The number of nitrogens with two attached hydrogens (primary N) is 1. The smallest absolute Gasteiger partial charge is 0.0989 e. The van der Waals surface area contributed by atoms with E-state index in [-0.39, 0.29) is 0 Å². The van der Waals surface area contributed by atoms with E-state index in [0.29, 0.717) is 51.2 Å². The molecule has 0 heterocycles. The SMILES string of the molecule is COCCOCCOCCOCC(N)=S. The second-order valence-corrected chi connectivity index (χ2v) is 3.26. The number of hydrogen-bond donors (Lipinski definition) is 1. The van der Waals surface area contributed by atoms with Crippen LogP contribution in [0, 0.1) is 0 Å². The summed E-state index contributed by atoms with van der Waals surface area (Å²) in [5, 5.41) is 0. The van der Waals surface area contributed by atoms with E-state index < -0.39 is 0 Å². The third-order valence-corrected chi connectivity index (χ3v) is 1.54. The van der Waals surface area contributed by atoms with Crippen LogP contribution in [0.15, 0.2) is 0 Å². The summed E-state index contributed by atoms with van der Waals surface area (Å²) in [7, 11) is 1.64. The van der Waals surface area contributed by atoms with Crippen molar-refractivity contribution in [3.8, 4) is 0 Å². The van der Waals surface area contributed by atoms with Gasteiger partial charge in [0.2, 0.25) is 0 Å². The number of hydrogen-bond acceptors (Lipinski definition) is 5. The van der Waals surface area contributed by atoms with Gasteiger partial charge >= 0.3 is 0 Å². The van der Waals surface area contributed by atoms with Crippen LogP contribution in [-0.2, 0) is 18.9 Å². The van der Waals surface area contributed by atoms with Crippen molar-refractivity contribution >= 4 is 17.2 Å². The zero-order valence-corrected chi connectivity index (χ0v) is 9.88. The molecule has 2 N–H and O–H groups in total. The van der Waals surface area contributed by atoms with Crippen molar-refractivity contribution in [2.45, 2.75) is 0 Å².